The lowest BCUT2D eigenvalue weighted by molar-refractivity contribution is -0.384. The molecule has 2 N–H and O–H groups in total. The van der Waals surface area contributed by atoms with Gasteiger partial charge in [-0.3, -0.25) is 24.5 Å². The largest absolute Gasteiger partial charge is 0.325 e. The van der Waals surface area contributed by atoms with Gasteiger partial charge in [-0.05, 0) is 56.3 Å². The van der Waals surface area contributed by atoms with Gasteiger partial charge in [0.15, 0.2) is 0 Å². The predicted octanol–water partition coefficient (Wildman–Crippen LogP) is 3.63. The van der Waals surface area contributed by atoms with E-state index in [0.717, 1.165) is 38.1 Å². The van der Waals surface area contributed by atoms with Gasteiger partial charge in [0.1, 0.15) is 0 Å². The first-order chi connectivity index (χ1) is 14.3. The van der Waals surface area contributed by atoms with Gasteiger partial charge in [-0.25, -0.2) is 8.42 Å². The van der Waals surface area contributed by atoms with Crippen LogP contribution in [0.4, 0.5) is 17.1 Å². The highest BCUT2D eigenvalue weighted by Crippen LogP contribution is 2.21. The zero-order valence-corrected chi connectivity index (χ0v) is 18.5. The molecule has 1 amide bonds. The molecule has 0 aromatic heterocycles. The highest BCUT2D eigenvalue weighted by atomic mass is 35.5. The van der Waals surface area contributed by atoms with E-state index in [9.17, 15) is 23.3 Å². The minimum atomic E-state index is -3.92. The summed E-state index contributed by atoms with van der Waals surface area (Å²) >= 11 is 0. The van der Waals surface area contributed by atoms with Crippen LogP contribution in [0.25, 0.3) is 0 Å². The van der Waals surface area contributed by atoms with Gasteiger partial charge < -0.3 is 5.32 Å². The van der Waals surface area contributed by atoms with Crippen LogP contribution >= 0.6 is 12.4 Å². The van der Waals surface area contributed by atoms with E-state index in [1.165, 1.54) is 31.0 Å². The average molecular weight is 469 g/mol. The molecule has 9 nitrogen and oxygen atoms in total. The fourth-order valence-electron chi connectivity index (χ4n) is 3.32. The summed E-state index contributed by atoms with van der Waals surface area (Å²) < 4.78 is 27.5. The van der Waals surface area contributed by atoms with Crippen LogP contribution in [0.15, 0.2) is 53.4 Å². The Morgan fingerprint density at radius 3 is 2.23 bits per heavy atom. The Labute approximate surface area is 187 Å². The fraction of sp³-hybridized carbons (Fsp3) is 0.350. The Morgan fingerprint density at radius 1 is 1.00 bits per heavy atom. The van der Waals surface area contributed by atoms with Crippen LogP contribution in [0.1, 0.15) is 25.7 Å². The number of amides is 1. The molecule has 1 aliphatic rings. The zero-order valence-electron chi connectivity index (χ0n) is 16.8. The minimum Gasteiger partial charge on any atom is -0.325 e. The van der Waals surface area contributed by atoms with Crippen molar-refractivity contribution in [2.45, 2.75) is 30.6 Å². The molecule has 2 aromatic rings. The zero-order chi connectivity index (χ0) is 21.6. The van der Waals surface area contributed by atoms with Gasteiger partial charge in [0.05, 0.1) is 22.1 Å². The van der Waals surface area contributed by atoms with E-state index in [1.54, 1.807) is 18.2 Å². The molecular weight excluding hydrogens is 444 g/mol. The number of carbonyl (C=O) groups is 1. The van der Waals surface area contributed by atoms with E-state index in [1.807, 2.05) is 0 Å². The third kappa shape index (κ3) is 7.20. The van der Waals surface area contributed by atoms with Crippen molar-refractivity contribution in [2.24, 2.45) is 0 Å². The van der Waals surface area contributed by atoms with Crippen molar-refractivity contribution in [3.05, 3.63) is 58.6 Å². The SMILES string of the molecule is Cl.O=C(CN1CCCCCC1)Nc1cccc(NS(=O)(=O)c2ccc([N+](=O)[O-])cc2)c1. The van der Waals surface area contributed by atoms with Crippen molar-refractivity contribution in [3.8, 4) is 0 Å². The van der Waals surface area contributed by atoms with Crippen LogP contribution in [-0.4, -0.2) is 43.8 Å². The van der Waals surface area contributed by atoms with Gasteiger partial charge in [-0.1, -0.05) is 18.9 Å². The van der Waals surface area contributed by atoms with Crippen LogP contribution < -0.4 is 10.0 Å². The molecule has 31 heavy (non-hydrogen) atoms. The third-order valence-electron chi connectivity index (χ3n) is 4.82. The molecule has 2 aromatic carbocycles. The average Bonchev–Trinajstić information content (AvgIpc) is 2.96. The molecule has 1 saturated heterocycles. The number of nitrogens with zero attached hydrogens (tertiary/aromatic N) is 2. The number of benzene rings is 2. The number of anilines is 2. The summed E-state index contributed by atoms with van der Waals surface area (Å²) in [5, 5.41) is 13.5. The molecule has 0 atom stereocenters. The first-order valence-corrected chi connectivity index (χ1v) is 11.2. The quantitative estimate of drug-likeness (QED) is 0.472. The molecule has 168 valence electrons. The number of non-ortho nitro benzene ring substituents is 1. The summed E-state index contributed by atoms with van der Waals surface area (Å²) in [7, 11) is -3.92. The number of nitrogens with one attached hydrogen (secondary N) is 2. The number of carbonyl (C=O) groups excluding carboxylic acids is 1. The van der Waals surface area contributed by atoms with E-state index >= 15 is 0 Å². The number of nitro benzene ring substituents is 1. The molecule has 1 heterocycles. The molecular formula is C20H25ClN4O5S. The molecule has 0 bridgehead atoms. The lowest BCUT2D eigenvalue weighted by atomic mass is 10.2. The van der Waals surface area contributed by atoms with Crippen molar-refractivity contribution in [2.75, 3.05) is 29.7 Å². The minimum absolute atomic E-state index is 0. The monoisotopic (exact) mass is 468 g/mol. The number of halogens is 1. The first kappa shape index (κ1) is 24.6. The molecule has 0 radical (unpaired) electrons. The summed E-state index contributed by atoms with van der Waals surface area (Å²) in [4.78, 5) is 24.5. The second-order valence-corrected chi connectivity index (χ2v) is 8.86. The third-order valence-corrected chi connectivity index (χ3v) is 6.22. The number of hydrogen-bond acceptors (Lipinski definition) is 6. The van der Waals surface area contributed by atoms with Gasteiger partial charge in [0.25, 0.3) is 15.7 Å². The molecule has 11 heteroatoms. The lowest BCUT2D eigenvalue weighted by Crippen LogP contribution is -2.33. The predicted molar refractivity (Wildman–Crippen MR) is 121 cm³/mol. The van der Waals surface area contributed by atoms with E-state index in [2.05, 4.69) is 14.9 Å². The number of rotatable bonds is 7. The smallest absolute Gasteiger partial charge is 0.269 e. The van der Waals surface area contributed by atoms with Crippen LogP contribution in [0.5, 0.6) is 0 Å². The molecule has 0 aliphatic carbocycles. The Bertz CT molecular complexity index is 1010. The molecule has 0 spiro atoms. The van der Waals surface area contributed by atoms with E-state index in [0.29, 0.717) is 12.2 Å². The van der Waals surface area contributed by atoms with Gasteiger partial charge in [-0.15, -0.1) is 12.4 Å². The maximum atomic E-state index is 12.5. The maximum absolute atomic E-state index is 12.5. The maximum Gasteiger partial charge on any atom is 0.269 e. The van der Waals surface area contributed by atoms with Crippen molar-refractivity contribution < 1.29 is 18.1 Å². The van der Waals surface area contributed by atoms with Crippen molar-refractivity contribution >= 4 is 45.4 Å². The molecule has 1 fully saturated rings. The topological polar surface area (TPSA) is 122 Å². The van der Waals surface area contributed by atoms with Crippen molar-refractivity contribution in [3.63, 3.8) is 0 Å². The lowest BCUT2D eigenvalue weighted by Gasteiger charge is -2.19. The summed E-state index contributed by atoms with van der Waals surface area (Å²) in [5.41, 5.74) is 0.572. The molecule has 3 rings (SSSR count). The number of sulfonamides is 1. The van der Waals surface area contributed by atoms with Crippen LogP contribution in [0.3, 0.4) is 0 Å². The van der Waals surface area contributed by atoms with Gasteiger partial charge in [-0.2, -0.15) is 0 Å². The van der Waals surface area contributed by atoms with E-state index < -0.39 is 14.9 Å². The second kappa shape index (κ2) is 11.1. The van der Waals surface area contributed by atoms with Crippen LogP contribution in [0.2, 0.25) is 0 Å². The summed E-state index contributed by atoms with van der Waals surface area (Å²) in [6, 6.07) is 11.0. The highest BCUT2D eigenvalue weighted by molar-refractivity contribution is 7.92. The summed E-state index contributed by atoms with van der Waals surface area (Å²) in [5.74, 6) is -0.146. The Hall–Kier alpha value is -2.69. The Morgan fingerprint density at radius 2 is 1.61 bits per heavy atom. The Kier molecular flexibility index (Phi) is 8.78. The van der Waals surface area contributed by atoms with Crippen LogP contribution in [-0.2, 0) is 14.8 Å². The fourth-order valence-corrected chi connectivity index (χ4v) is 4.37. The van der Waals surface area contributed by atoms with Crippen molar-refractivity contribution in [1.29, 1.82) is 0 Å². The first-order valence-electron chi connectivity index (χ1n) is 9.73. The molecule has 0 unspecified atom stereocenters. The second-order valence-electron chi connectivity index (χ2n) is 7.18. The normalized spacial score (nSPS) is 14.7. The summed E-state index contributed by atoms with van der Waals surface area (Å²) in [6.45, 7) is 2.11. The van der Waals surface area contributed by atoms with Gasteiger partial charge in [0.2, 0.25) is 5.91 Å². The van der Waals surface area contributed by atoms with Gasteiger partial charge in [0, 0.05) is 17.8 Å². The summed E-state index contributed by atoms with van der Waals surface area (Å²) in [6.07, 6.45) is 4.56. The van der Waals surface area contributed by atoms with Gasteiger partial charge >= 0.3 is 0 Å². The molecule has 0 saturated carbocycles. The number of likely N-dealkylation sites (tertiary alicyclic amines) is 1. The number of nitro groups is 1. The Balaban J connectivity index is 0.00000341. The van der Waals surface area contributed by atoms with E-state index in [-0.39, 0.29) is 34.6 Å². The van der Waals surface area contributed by atoms with Crippen LogP contribution in [0, 0.1) is 10.1 Å². The highest BCUT2D eigenvalue weighted by Gasteiger charge is 2.17. The number of hydrogen-bond donors (Lipinski definition) is 2. The standard InChI is InChI=1S/C20H24N4O5S.ClH/c25-20(15-23-12-3-1-2-4-13-23)21-16-6-5-7-17(14-16)22-30(28,29)19-10-8-18(9-11-19)24(26)27;/h5-11,14,22H,1-4,12-13,15H2,(H,21,25);1H. The molecule has 1 aliphatic heterocycles. The van der Waals surface area contributed by atoms with Crippen molar-refractivity contribution in [1.82, 2.24) is 4.90 Å². The van der Waals surface area contributed by atoms with E-state index in [4.69, 9.17) is 0 Å².